The second-order valence-electron chi connectivity index (χ2n) is 2.61. The van der Waals surface area contributed by atoms with Crippen LogP contribution in [-0.4, -0.2) is 0 Å². The van der Waals surface area contributed by atoms with Crippen LogP contribution in [0.2, 0.25) is 0 Å². The van der Waals surface area contributed by atoms with Crippen molar-refractivity contribution in [3.63, 3.8) is 0 Å². The lowest BCUT2D eigenvalue weighted by atomic mass is 10.1. The van der Waals surface area contributed by atoms with Crippen LogP contribution in [-0.2, 0) is 0 Å². The fourth-order valence-corrected chi connectivity index (χ4v) is 2.08. The molecule has 0 aliphatic rings. The Morgan fingerprint density at radius 3 is 2.85 bits per heavy atom. The van der Waals surface area contributed by atoms with Crippen molar-refractivity contribution in [2.75, 3.05) is 0 Å². The Hall–Kier alpha value is -1.22. The topological polar surface area (TPSA) is 0 Å². The molecule has 0 radical (unpaired) electrons. The van der Waals surface area contributed by atoms with Crippen LogP contribution in [0.1, 0.15) is 5.56 Å². The van der Waals surface area contributed by atoms with E-state index in [9.17, 15) is 8.78 Å². The van der Waals surface area contributed by atoms with Crippen LogP contribution in [0.3, 0.4) is 0 Å². The van der Waals surface area contributed by atoms with Crippen LogP contribution < -0.4 is 0 Å². The molecule has 0 fully saturated rings. The number of thiophene rings is 1. The largest absolute Gasteiger partial charge is 0.270 e. The second-order valence-corrected chi connectivity index (χ2v) is 3.56. The molecular formula is C10H6F2S. The first-order valence-electron chi connectivity index (χ1n) is 3.76. The van der Waals surface area contributed by atoms with E-state index < -0.39 is 6.08 Å². The summed E-state index contributed by atoms with van der Waals surface area (Å²) >= 11 is 1.55. The number of hydrogen-bond donors (Lipinski definition) is 0. The third-order valence-corrected chi connectivity index (χ3v) is 2.68. The fraction of sp³-hybridized carbons (Fsp3) is 0. The summed E-state index contributed by atoms with van der Waals surface area (Å²) in [5.41, 5.74) is 0.582. The highest BCUT2D eigenvalue weighted by atomic mass is 32.1. The molecule has 0 nitrogen and oxygen atoms in total. The van der Waals surface area contributed by atoms with Gasteiger partial charge in [0.1, 0.15) is 0 Å². The molecule has 0 spiro atoms. The first-order valence-corrected chi connectivity index (χ1v) is 4.64. The van der Waals surface area contributed by atoms with Gasteiger partial charge >= 0.3 is 0 Å². The minimum atomic E-state index is -1.65. The van der Waals surface area contributed by atoms with Gasteiger partial charge in [0.25, 0.3) is 6.08 Å². The Morgan fingerprint density at radius 2 is 2.08 bits per heavy atom. The number of hydrogen-bond acceptors (Lipinski definition) is 1. The number of fused-ring (bicyclic) bond motifs is 1. The number of benzene rings is 1. The lowest BCUT2D eigenvalue weighted by molar-refractivity contribution is 0.429. The summed E-state index contributed by atoms with van der Waals surface area (Å²) in [5, 5.41) is 2.79. The first-order chi connectivity index (χ1) is 6.27. The molecule has 0 aliphatic carbocycles. The molecule has 13 heavy (non-hydrogen) atoms. The molecule has 0 amide bonds. The van der Waals surface area contributed by atoms with E-state index in [0.29, 0.717) is 5.56 Å². The van der Waals surface area contributed by atoms with Gasteiger partial charge in [0, 0.05) is 10.8 Å². The van der Waals surface area contributed by atoms with Crippen LogP contribution in [0.5, 0.6) is 0 Å². The predicted octanol–water partition coefficient (Wildman–Crippen LogP) is 4.14. The maximum Gasteiger partial charge on any atom is 0.270 e. The van der Waals surface area contributed by atoms with Gasteiger partial charge in [0.2, 0.25) is 0 Å². The SMILES string of the molecule is FC(F)=Cc1cccc2sccc12. The third-order valence-electron chi connectivity index (χ3n) is 1.79. The molecule has 1 heterocycles. The van der Waals surface area contributed by atoms with Gasteiger partial charge in [-0.05, 0) is 28.5 Å². The summed E-state index contributed by atoms with van der Waals surface area (Å²) in [6.07, 6.45) is -0.756. The van der Waals surface area contributed by atoms with E-state index in [1.54, 1.807) is 23.5 Å². The Morgan fingerprint density at radius 1 is 1.23 bits per heavy atom. The standard InChI is InChI=1S/C10H6F2S/c11-10(12)6-7-2-1-3-9-8(7)4-5-13-9/h1-6H. The fourth-order valence-electron chi connectivity index (χ4n) is 1.26. The van der Waals surface area contributed by atoms with Crippen molar-refractivity contribution >= 4 is 27.5 Å². The van der Waals surface area contributed by atoms with Gasteiger partial charge < -0.3 is 0 Å². The zero-order chi connectivity index (χ0) is 9.26. The second kappa shape index (κ2) is 3.26. The highest BCUT2D eigenvalue weighted by Gasteiger charge is 2.00. The zero-order valence-corrected chi connectivity index (χ0v) is 7.44. The van der Waals surface area contributed by atoms with Crippen LogP contribution in [0, 0.1) is 0 Å². The lowest BCUT2D eigenvalue weighted by Crippen LogP contribution is -1.72. The normalized spacial score (nSPS) is 10.3. The monoisotopic (exact) mass is 196 g/mol. The molecule has 1 aromatic carbocycles. The first kappa shape index (κ1) is 8.38. The lowest BCUT2D eigenvalue weighted by Gasteiger charge is -1.94. The maximum absolute atomic E-state index is 12.0. The van der Waals surface area contributed by atoms with Gasteiger partial charge in [-0.15, -0.1) is 11.3 Å². The van der Waals surface area contributed by atoms with Crippen LogP contribution >= 0.6 is 11.3 Å². The quantitative estimate of drug-likeness (QED) is 0.643. The molecule has 3 heteroatoms. The molecule has 1 aromatic heterocycles. The van der Waals surface area contributed by atoms with Crippen molar-refractivity contribution in [3.05, 3.63) is 41.3 Å². The average molecular weight is 196 g/mol. The molecule has 0 N–H and O–H groups in total. The van der Waals surface area contributed by atoms with Gasteiger partial charge in [0.05, 0.1) is 0 Å². The van der Waals surface area contributed by atoms with Gasteiger partial charge in [-0.25, -0.2) is 0 Å². The van der Waals surface area contributed by atoms with Gasteiger partial charge in [0.15, 0.2) is 0 Å². The van der Waals surface area contributed by atoms with E-state index in [-0.39, 0.29) is 0 Å². The van der Waals surface area contributed by atoms with Gasteiger partial charge in [-0.2, -0.15) is 8.78 Å². The molecule has 0 aliphatic heterocycles. The molecular weight excluding hydrogens is 190 g/mol. The third kappa shape index (κ3) is 1.60. The number of rotatable bonds is 1. The zero-order valence-electron chi connectivity index (χ0n) is 6.63. The van der Waals surface area contributed by atoms with Crippen molar-refractivity contribution in [2.45, 2.75) is 0 Å². The predicted molar refractivity (Wildman–Crippen MR) is 52.0 cm³/mol. The van der Waals surface area contributed by atoms with Crippen molar-refractivity contribution in [1.29, 1.82) is 0 Å². The van der Waals surface area contributed by atoms with Crippen molar-refractivity contribution in [1.82, 2.24) is 0 Å². The minimum absolute atomic E-state index is 0.582. The summed E-state index contributed by atoms with van der Waals surface area (Å²) in [6, 6.07) is 7.25. The Labute approximate surface area is 78.1 Å². The molecule has 0 saturated heterocycles. The van der Waals surface area contributed by atoms with E-state index in [1.807, 2.05) is 17.5 Å². The van der Waals surface area contributed by atoms with Crippen molar-refractivity contribution in [3.8, 4) is 0 Å². The van der Waals surface area contributed by atoms with Crippen molar-refractivity contribution < 1.29 is 8.78 Å². The van der Waals surface area contributed by atoms with Crippen LogP contribution in [0.15, 0.2) is 35.7 Å². The van der Waals surface area contributed by atoms with E-state index in [0.717, 1.165) is 16.2 Å². The molecule has 0 atom stereocenters. The average Bonchev–Trinajstić information content (AvgIpc) is 2.51. The molecule has 0 saturated carbocycles. The Balaban J connectivity index is 2.68. The van der Waals surface area contributed by atoms with Gasteiger partial charge in [-0.3, -0.25) is 0 Å². The highest BCUT2D eigenvalue weighted by Crippen LogP contribution is 2.25. The van der Waals surface area contributed by atoms with E-state index in [4.69, 9.17) is 0 Å². The van der Waals surface area contributed by atoms with Crippen LogP contribution in [0.4, 0.5) is 8.78 Å². The molecule has 0 unspecified atom stereocenters. The molecule has 2 aromatic rings. The summed E-state index contributed by atoms with van der Waals surface area (Å²) in [6.45, 7) is 0. The summed E-state index contributed by atoms with van der Waals surface area (Å²) < 4.78 is 25.1. The Kier molecular flexibility index (Phi) is 2.10. The van der Waals surface area contributed by atoms with Crippen molar-refractivity contribution in [2.24, 2.45) is 0 Å². The van der Waals surface area contributed by atoms with Crippen LogP contribution in [0.25, 0.3) is 16.2 Å². The van der Waals surface area contributed by atoms with E-state index in [1.165, 1.54) is 0 Å². The van der Waals surface area contributed by atoms with E-state index in [2.05, 4.69) is 0 Å². The highest BCUT2D eigenvalue weighted by molar-refractivity contribution is 7.17. The van der Waals surface area contributed by atoms with Gasteiger partial charge in [-0.1, -0.05) is 12.1 Å². The molecule has 0 bridgehead atoms. The van der Waals surface area contributed by atoms with E-state index >= 15 is 0 Å². The smallest absolute Gasteiger partial charge is 0.173 e. The number of halogens is 2. The minimum Gasteiger partial charge on any atom is -0.173 e. The summed E-state index contributed by atoms with van der Waals surface area (Å²) in [7, 11) is 0. The Bertz CT molecular complexity index is 453. The maximum atomic E-state index is 12.0. The molecule has 2 rings (SSSR count). The summed E-state index contributed by atoms with van der Waals surface area (Å²) in [5.74, 6) is 0. The molecule has 66 valence electrons. The summed E-state index contributed by atoms with van der Waals surface area (Å²) in [4.78, 5) is 0.